The molecule has 1 atom stereocenters. The van der Waals surface area contributed by atoms with E-state index in [0.717, 1.165) is 18.4 Å². The molecule has 0 heterocycles. The van der Waals surface area contributed by atoms with Crippen LogP contribution >= 0.6 is 0 Å². The van der Waals surface area contributed by atoms with E-state index in [1.54, 1.807) is 49.4 Å². The van der Waals surface area contributed by atoms with Gasteiger partial charge in [0.2, 0.25) is 0 Å². The van der Waals surface area contributed by atoms with Gasteiger partial charge in [0, 0.05) is 16.7 Å². The van der Waals surface area contributed by atoms with Crippen molar-refractivity contribution in [3.8, 4) is 22.3 Å². The van der Waals surface area contributed by atoms with E-state index in [1.807, 2.05) is 12.2 Å². The summed E-state index contributed by atoms with van der Waals surface area (Å²) < 4.78 is 58.4. The van der Waals surface area contributed by atoms with Crippen LogP contribution in [0.25, 0.3) is 27.8 Å². The summed E-state index contributed by atoms with van der Waals surface area (Å²) in [6.07, 6.45) is 6.58. The van der Waals surface area contributed by atoms with Crippen LogP contribution < -0.4 is 0 Å². The first-order valence-corrected chi connectivity index (χ1v) is 10.8. The van der Waals surface area contributed by atoms with Gasteiger partial charge in [-0.25, -0.2) is 17.6 Å². The van der Waals surface area contributed by atoms with E-state index in [0.29, 0.717) is 41.0 Å². The SMILES string of the molecule is C=CC1CC=C(c2ccc(-c3ccc(-c4ccc(CC)c(F)c4F)cc3)c(F)c2F)CC1. The highest BCUT2D eigenvalue weighted by molar-refractivity contribution is 5.74. The third-order valence-corrected chi connectivity index (χ3v) is 6.26. The van der Waals surface area contributed by atoms with Crippen molar-refractivity contribution in [1.82, 2.24) is 0 Å². The molecule has 1 unspecified atom stereocenters. The smallest absolute Gasteiger partial charge is 0.167 e. The maximum absolute atomic E-state index is 14.9. The van der Waals surface area contributed by atoms with Crippen LogP contribution in [0.15, 0.2) is 67.3 Å². The van der Waals surface area contributed by atoms with E-state index >= 15 is 0 Å². The van der Waals surface area contributed by atoms with Gasteiger partial charge in [-0.15, -0.1) is 6.58 Å². The van der Waals surface area contributed by atoms with Crippen molar-refractivity contribution in [2.45, 2.75) is 32.6 Å². The first-order chi connectivity index (χ1) is 15.4. The molecule has 32 heavy (non-hydrogen) atoms. The summed E-state index contributed by atoms with van der Waals surface area (Å²) >= 11 is 0. The Kier molecular flexibility index (Phi) is 6.31. The molecular weight excluding hydrogens is 412 g/mol. The number of halogens is 4. The number of hydrogen-bond acceptors (Lipinski definition) is 0. The van der Waals surface area contributed by atoms with Gasteiger partial charge in [-0.3, -0.25) is 0 Å². The lowest BCUT2D eigenvalue weighted by Gasteiger charge is -2.20. The first-order valence-electron chi connectivity index (χ1n) is 10.8. The zero-order chi connectivity index (χ0) is 22.8. The molecule has 0 bridgehead atoms. The Morgan fingerprint density at radius 1 is 0.781 bits per heavy atom. The lowest BCUT2D eigenvalue weighted by molar-refractivity contribution is 0.502. The molecule has 0 radical (unpaired) electrons. The van der Waals surface area contributed by atoms with Gasteiger partial charge < -0.3 is 0 Å². The molecule has 4 rings (SSSR count). The topological polar surface area (TPSA) is 0 Å². The molecule has 3 aromatic rings. The van der Waals surface area contributed by atoms with E-state index in [4.69, 9.17) is 0 Å². The molecule has 0 N–H and O–H groups in total. The van der Waals surface area contributed by atoms with E-state index < -0.39 is 23.3 Å². The Bertz CT molecular complexity index is 1190. The molecule has 164 valence electrons. The maximum Gasteiger partial charge on any atom is 0.167 e. The lowest BCUT2D eigenvalue weighted by atomic mass is 9.86. The number of hydrogen-bond donors (Lipinski definition) is 0. The van der Waals surface area contributed by atoms with Crippen LogP contribution in [0.5, 0.6) is 0 Å². The summed E-state index contributed by atoms with van der Waals surface area (Å²) in [5.74, 6) is -3.15. The van der Waals surface area contributed by atoms with Crippen LogP contribution in [-0.4, -0.2) is 0 Å². The zero-order valence-corrected chi connectivity index (χ0v) is 17.9. The largest absolute Gasteiger partial charge is 0.203 e. The van der Waals surface area contributed by atoms with Gasteiger partial charge in [-0.1, -0.05) is 67.6 Å². The minimum absolute atomic E-state index is 0.131. The van der Waals surface area contributed by atoms with Crippen LogP contribution in [-0.2, 0) is 6.42 Å². The monoisotopic (exact) mass is 436 g/mol. The Hall–Kier alpha value is -3.14. The van der Waals surface area contributed by atoms with E-state index in [9.17, 15) is 17.6 Å². The predicted octanol–water partition coefficient (Wildman–Crippen LogP) is 8.51. The number of allylic oxidation sites excluding steroid dienone is 3. The van der Waals surface area contributed by atoms with Crippen molar-refractivity contribution in [1.29, 1.82) is 0 Å². The van der Waals surface area contributed by atoms with Gasteiger partial charge in [-0.05, 0) is 53.9 Å². The molecule has 0 saturated heterocycles. The van der Waals surface area contributed by atoms with Gasteiger partial charge in [-0.2, -0.15) is 0 Å². The second-order valence-electron chi connectivity index (χ2n) is 8.12. The van der Waals surface area contributed by atoms with Crippen LogP contribution in [0.3, 0.4) is 0 Å². The highest BCUT2D eigenvalue weighted by Crippen LogP contribution is 2.36. The average Bonchev–Trinajstić information content (AvgIpc) is 2.83. The van der Waals surface area contributed by atoms with Crippen molar-refractivity contribution >= 4 is 5.57 Å². The van der Waals surface area contributed by atoms with Crippen LogP contribution in [0.4, 0.5) is 17.6 Å². The van der Waals surface area contributed by atoms with Crippen LogP contribution in [0, 0.1) is 29.2 Å². The molecule has 0 fully saturated rings. The molecule has 0 amide bonds. The predicted molar refractivity (Wildman–Crippen MR) is 122 cm³/mol. The number of rotatable bonds is 5. The van der Waals surface area contributed by atoms with Gasteiger partial charge >= 0.3 is 0 Å². The fraction of sp³-hybridized carbons (Fsp3) is 0.214. The molecule has 1 aliphatic rings. The molecule has 0 aromatic heterocycles. The summed E-state index contributed by atoms with van der Waals surface area (Å²) in [6, 6.07) is 12.6. The molecule has 0 spiro atoms. The Balaban J connectivity index is 1.64. The van der Waals surface area contributed by atoms with Crippen molar-refractivity contribution in [2.24, 2.45) is 5.92 Å². The quantitative estimate of drug-likeness (QED) is 0.278. The van der Waals surface area contributed by atoms with E-state index in [2.05, 4.69) is 6.58 Å². The summed E-state index contributed by atoms with van der Waals surface area (Å²) in [5.41, 5.74) is 2.62. The third kappa shape index (κ3) is 4.02. The van der Waals surface area contributed by atoms with Gasteiger partial charge in [0.1, 0.15) is 0 Å². The van der Waals surface area contributed by atoms with E-state index in [1.165, 1.54) is 6.07 Å². The van der Waals surface area contributed by atoms with Gasteiger partial charge in [0.05, 0.1) is 0 Å². The molecule has 1 aliphatic carbocycles. The summed E-state index contributed by atoms with van der Waals surface area (Å²) in [4.78, 5) is 0. The first kappa shape index (κ1) is 22.1. The standard InChI is InChI=1S/C28H24F4/c1-3-17-5-7-19(8-6-17)23-15-16-24(28(32)27(23)31)21-11-9-20(10-12-21)22-14-13-18(4-2)25(29)26(22)30/h3,7,9-17H,1,4-6,8H2,2H3. The zero-order valence-electron chi connectivity index (χ0n) is 17.9. The third-order valence-electron chi connectivity index (χ3n) is 6.26. The lowest BCUT2D eigenvalue weighted by Crippen LogP contribution is -2.04. The molecular formula is C28H24F4. The minimum atomic E-state index is -0.911. The molecule has 3 aromatic carbocycles. The van der Waals surface area contributed by atoms with Crippen LogP contribution in [0.1, 0.15) is 37.3 Å². The Labute approximate surface area is 185 Å². The molecule has 4 heteroatoms. The van der Waals surface area contributed by atoms with Crippen LogP contribution in [0.2, 0.25) is 0 Å². The number of benzene rings is 3. The van der Waals surface area contributed by atoms with Crippen molar-refractivity contribution in [3.05, 3.63) is 102 Å². The second kappa shape index (κ2) is 9.15. The average molecular weight is 436 g/mol. The Morgan fingerprint density at radius 2 is 1.31 bits per heavy atom. The molecule has 0 nitrogen and oxygen atoms in total. The minimum Gasteiger partial charge on any atom is -0.203 e. The normalized spacial score (nSPS) is 16.0. The second-order valence-corrected chi connectivity index (χ2v) is 8.12. The van der Waals surface area contributed by atoms with E-state index in [-0.39, 0.29) is 11.1 Å². The summed E-state index contributed by atoms with van der Waals surface area (Å²) in [5, 5.41) is 0. The summed E-state index contributed by atoms with van der Waals surface area (Å²) in [6.45, 7) is 5.56. The molecule has 0 saturated carbocycles. The van der Waals surface area contributed by atoms with Crippen molar-refractivity contribution in [3.63, 3.8) is 0 Å². The Morgan fingerprint density at radius 3 is 1.84 bits per heavy atom. The highest BCUT2D eigenvalue weighted by atomic mass is 19.2. The number of aryl methyl sites for hydroxylation is 1. The fourth-order valence-corrected chi connectivity index (χ4v) is 4.25. The van der Waals surface area contributed by atoms with Gasteiger partial charge in [0.25, 0.3) is 0 Å². The highest BCUT2D eigenvalue weighted by Gasteiger charge is 2.20. The fourth-order valence-electron chi connectivity index (χ4n) is 4.25. The van der Waals surface area contributed by atoms with Crippen molar-refractivity contribution in [2.75, 3.05) is 0 Å². The molecule has 0 aliphatic heterocycles. The summed E-state index contributed by atoms with van der Waals surface area (Å²) in [7, 11) is 0. The van der Waals surface area contributed by atoms with Gasteiger partial charge in [0.15, 0.2) is 23.3 Å². The van der Waals surface area contributed by atoms with Crippen molar-refractivity contribution < 1.29 is 17.6 Å². The maximum atomic E-state index is 14.9.